The van der Waals surface area contributed by atoms with E-state index in [9.17, 15) is 48.6 Å². The fourth-order valence-electron chi connectivity index (χ4n) is 15.3. The zero-order chi connectivity index (χ0) is 70.7. The van der Waals surface area contributed by atoms with E-state index < -0.39 is 95.4 Å². The van der Waals surface area contributed by atoms with Crippen LogP contribution in [0, 0.1) is 34.5 Å². The third-order valence-electron chi connectivity index (χ3n) is 20.2. The first-order valence-electron chi connectivity index (χ1n) is 34.8. The summed E-state index contributed by atoms with van der Waals surface area (Å²) in [5.74, 6) is -2.97. The SMILES string of the molecule is CCCC1O[C@@H]2CC3[C@@H]4CCC5=CC(O)C=C[C@]5(C)[C@H]4[C@@H](O)C[C@]3(C)[C@]2(C(=O)COC(=O)OCc2ccc(NC(=O)[C@H](CCCNC(N)=O)NC(=O)[C@@H](NC(=O)CCOCCOCCOCCOCCNC(=O)CCC(=O)N3Cc4ccccc4/C=C\c4ccccc43)C(C)C)cc2)O1. The summed E-state index contributed by atoms with van der Waals surface area (Å²) >= 11 is 0. The minimum Gasteiger partial charge on any atom is -0.429 e. The Labute approximate surface area is 579 Å². The van der Waals surface area contributed by atoms with Crippen LogP contribution in [0.4, 0.5) is 21.0 Å². The standard InChI is InChI=1S/C74H99N7O18/c1-6-12-65-98-61-42-56-55-25-22-52-41-54(82)28-30-72(52,4)66(55)59(83)43-73(56,5)74(61,99-65)60(84)46-97-71(91)96-45-48-18-23-53(24-19-48)78-68(88)57(16-11-31-77-70(75)90)79-69(89)67(47(2)3)80-63(86)29-33-92-35-37-94-39-40-95-38-36-93-34-32-76-62(85)26-27-64(87)81-44-51-15-8-7-13-49(51)20-21-50-14-9-10-17-58(50)81/h7-10,13-15,17-21,23-24,28,30,41,47,54-57,59,61,65-67,82-83H,6,11-12,16,22,25-27,29,31-40,42-46H2,1-5H3,(H,76,85)(H,78,88)(H,79,89)(H,80,86)(H3,75,77,90)/b21-20-/t54?,55-,56?,57-,59-,61+,65?,66+,67-,72-,73-,74+/m0/s1. The minimum absolute atomic E-state index is 0.0363. The van der Waals surface area contributed by atoms with E-state index in [1.807, 2.05) is 80.6 Å². The summed E-state index contributed by atoms with van der Waals surface area (Å²) in [5, 5.41) is 36.1. The maximum Gasteiger partial charge on any atom is 0.509 e. The second-order valence-corrected chi connectivity index (χ2v) is 27.1. The van der Waals surface area contributed by atoms with Crippen LogP contribution in [-0.4, -0.2) is 173 Å². The topological polar surface area (TPSA) is 340 Å². The van der Waals surface area contributed by atoms with Crippen molar-refractivity contribution in [3.8, 4) is 0 Å². The average Bonchev–Trinajstić information content (AvgIpc) is 1.53. The van der Waals surface area contributed by atoms with Gasteiger partial charge in [0.15, 0.2) is 18.5 Å². The second-order valence-electron chi connectivity index (χ2n) is 27.1. The molecule has 538 valence electrons. The summed E-state index contributed by atoms with van der Waals surface area (Å²) in [5.41, 5.74) is 8.30. The molecule has 7 amide bonds. The quantitative estimate of drug-likeness (QED) is 0.0168. The highest BCUT2D eigenvalue weighted by Crippen LogP contribution is 2.70. The number of benzene rings is 3. The Hall–Kier alpha value is -7.88. The lowest BCUT2D eigenvalue weighted by Gasteiger charge is -2.60. The lowest BCUT2D eigenvalue weighted by atomic mass is 9.46. The van der Waals surface area contributed by atoms with E-state index in [0.717, 1.165) is 47.2 Å². The van der Waals surface area contributed by atoms with Crippen molar-refractivity contribution in [3.05, 3.63) is 119 Å². The molecule has 25 heteroatoms. The number of urea groups is 1. The molecule has 0 bridgehead atoms. The number of hydrogen-bond donors (Lipinski definition) is 8. The summed E-state index contributed by atoms with van der Waals surface area (Å²) in [6, 6.07) is 19.2. The molecule has 0 aromatic heterocycles. The Morgan fingerprint density at radius 2 is 1.44 bits per heavy atom. The number of aliphatic hydroxyl groups excluding tert-OH is 2. The number of ether oxygens (including phenoxy) is 8. The number of carbonyl (C=O) groups excluding carboxylic acids is 8. The molecular weight excluding hydrogens is 1270 g/mol. The molecule has 3 saturated carbocycles. The first-order valence-corrected chi connectivity index (χ1v) is 34.8. The van der Waals surface area contributed by atoms with E-state index in [-0.39, 0.29) is 120 Å². The number of amides is 7. The second kappa shape index (κ2) is 35.4. The number of anilines is 2. The van der Waals surface area contributed by atoms with E-state index in [1.165, 1.54) is 0 Å². The maximum atomic E-state index is 14.7. The van der Waals surface area contributed by atoms with E-state index in [2.05, 4.69) is 39.6 Å². The Morgan fingerprint density at radius 3 is 2.16 bits per heavy atom. The Balaban J connectivity index is 0.637. The summed E-state index contributed by atoms with van der Waals surface area (Å²) in [4.78, 5) is 108. The molecule has 1 saturated heterocycles. The summed E-state index contributed by atoms with van der Waals surface area (Å²) in [6.45, 7) is 11.6. The first-order chi connectivity index (χ1) is 47.6. The van der Waals surface area contributed by atoms with Gasteiger partial charge in [0.25, 0.3) is 0 Å². The highest BCUT2D eigenvalue weighted by molar-refractivity contribution is 6.00. The fourth-order valence-corrected chi connectivity index (χ4v) is 15.3. The van der Waals surface area contributed by atoms with Crippen LogP contribution in [0.15, 0.2) is 96.6 Å². The van der Waals surface area contributed by atoms with Gasteiger partial charge < -0.3 is 85.3 Å². The first kappa shape index (κ1) is 75.3. The maximum absolute atomic E-state index is 14.7. The van der Waals surface area contributed by atoms with Gasteiger partial charge in [0, 0.05) is 54.8 Å². The highest BCUT2D eigenvalue weighted by atomic mass is 16.8. The van der Waals surface area contributed by atoms with Crippen LogP contribution in [0.25, 0.3) is 12.2 Å². The van der Waals surface area contributed by atoms with Crippen molar-refractivity contribution in [1.29, 1.82) is 0 Å². The molecular formula is C74H99N7O18. The highest BCUT2D eigenvalue weighted by Gasteiger charge is 2.76. The lowest BCUT2D eigenvalue weighted by molar-refractivity contribution is -0.200. The van der Waals surface area contributed by atoms with Gasteiger partial charge >= 0.3 is 12.2 Å². The van der Waals surface area contributed by atoms with Gasteiger partial charge in [-0.3, -0.25) is 28.8 Å². The molecule has 4 fully saturated rings. The van der Waals surface area contributed by atoms with Gasteiger partial charge in [-0.1, -0.05) is 132 Å². The monoisotopic (exact) mass is 1370 g/mol. The van der Waals surface area contributed by atoms with Crippen LogP contribution < -0.4 is 37.2 Å². The number of nitrogens with two attached hydrogens (primary N) is 1. The zero-order valence-corrected chi connectivity index (χ0v) is 57.5. The number of nitrogens with one attached hydrogen (secondary N) is 5. The molecule has 0 radical (unpaired) electrons. The van der Waals surface area contributed by atoms with Crippen molar-refractivity contribution in [2.45, 2.75) is 161 Å². The number of aliphatic hydroxyl groups is 2. The number of nitrogens with zero attached hydrogens (tertiary/aromatic N) is 1. The molecule has 3 aromatic rings. The van der Waals surface area contributed by atoms with E-state index >= 15 is 0 Å². The zero-order valence-electron chi connectivity index (χ0n) is 57.5. The van der Waals surface area contributed by atoms with E-state index in [0.29, 0.717) is 57.1 Å². The van der Waals surface area contributed by atoms with Gasteiger partial charge in [0.2, 0.25) is 35.3 Å². The number of ketones is 1. The van der Waals surface area contributed by atoms with Gasteiger partial charge in [0.1, 0.15) is 18.7 Å². The Bertz CT molecular complexity index is 3400. The number of fused-ring (bicyclic) bond motifs is 9. The van der Waals surface area contributed by atoms with E-state index in [1.54, 1.807) is 49.1 Å². The molecule has 9 rings (SSSR count). The molecule has 4 aliphatic carbocycles. The minimum atomic E-state index is -1.47. The largest absolute Gasteiger partial charge is 0.509 e. The molecule has 25 nitrogen and oxygen atoms in total. The lowest BCUT2D eigenvalue weighted by Crippen LogP contribution is -2.63. The van der Waals surface area contributed by atoms with Gasteiger partial charge in [0.05, 0.1) is 83.4 Å². The summed E-state index contributed by atoms with van der Waals surface area (Å²) in [6.07, 6.45) is 10.1. The van der Waals surface area contributed by atoms with E-state index in [4.69, 9.17) is 43.6 Å². The van der Waals surface area contributed by atoms with Crippen LogP contribution in [0.5, 0.6) is 0 Å². The predicted molar refractivity (Wildman–Crippen MR) is 367 cm³/mol. The predicted octanol–water partition coefficient (Wildman–Crippen LogP) is 6.95. The third-order valence-corrected chi connectivity index (χ3v) is 20.2. The molecule has 6 aliphatic rings. The molecule has 99 heavy (non-hydrogen) atoms. The number of rotatable bonds is 35. The van der Waals surface area contributed by atoms with Gasteiger partial charge in [-0.05, 0) is 103 Å². The molecule has 9 N–H and O–H groups in total. The Morgan fingerprint density at radius 1 is 0.758 bits per heavy atom. The van der Waals surface area contributed by atoms with Crippen molar-refractivity contribution in [3.63, 3.8) is 0 Å². The number of para-hydroxylation sites is 1. The number of hydrogen-bond acceptors (Lipinski definition) is 18. The molecule has 2 aliphatic heterocycles. The third kappa shape index (κ3) is 19.0. The van der Waals surface area contributed by atoms with Crippen LogP contribution in [-0.2, 0) is 79.8 Å². The molecule has 12 atom stereocenters. The molecule has 0 spiro atoms. The number of allylic oxidation sites excluding steroid dienone is 2. The van der Waals surface area contributed by atoms with Gasteiger partial charge in [-0.2, -0.15) is 0 Å². The van der Waals surface area contributed by atoms with Crippen molar-refractivity contribution in [2.75, 3.05) is 82.8 Å². The number of primary amides is 1. The van der Waals surface area contributed by atoms with Crippen molar-refractivity contribution < 1.29 is 86.5 Å². The number of Topliss-reactive ketones (excluding diaryl/α,β-unsaturated/α-hetero) is 1. The molecule has 3 unspecified atom stereocenters. The van der Waals surface area contributed by atoms with Crippen LogP contribution in [0.2, 0.25) is 0 Å². The smallest absolute Gasteiger partial charge is 0.429 e. The summed E-state index contributed by atoms with van der Waals surface area (Å²) < 4.78 is 46.5. The van der Waals surface area contributed by atoms with Crippen LogP contribution in [0.1, 0.15) is 128 Å². The fraction of sp³-hybridized carbons (Fsp3) is 0.568. The average molecular weight is 1370 g/mol. The Kier molecular flexibility index (Phi) is 27.0. The van der Waals surface area contributed by atoms with Crippen LogP contribution >= 0.6 is 0 Å². The van der Waals surface area contributed by atoms with Crippen molar-refractivity contribution in [2.24, 2.45) is 40.2 Å². The molecule has 2 heterocycles. The summed E-state index contributed by atoms with van der Waals surface area (Å²) in [7, 11) is 0. The van der Waals surface area contributed by atoms with Gasteiger partial charge in [-0.25, -0.2) is 9.59 Å². The normalized spacial score (nSPS) is 25.6. The van der Waals surface area contributed by atoms with Crippen LogP contribution in [0.3, 0.4) is 0 Å². The van der Waals surface area contributed by atoms with Crippen molar-refractivity contribution in [1.82, 2.24) is 21.3 Å². The van der Waals surface area contributed by atoms with Gasteiger partial charge in [-0.15, -0.1) is 0 Å². The number of carbonyl (C=O) groups is 8. The van der Waals surface area contributed by atoms with Crippen molar-refractivity contribution >= 4 is 71.0 Å². The molecule has 3 aromatic carbocycles.